The van der Waals surface area contributed by atoms with Crippen LogP contribution in [-0.4, -0.2) is 0 Å². The van der Waals surface area contributed by atoms with Crippen LogP contribution in [0.3, 0.4) is 0 Å². The summed E-state index contributed by atoms with van der Waals surface area (Å²) < 4.78 is 0. The van der Waals surface area contributed by atoms with Gasteiger partial charge in [0, 0.05) is 0 Å². The van der Waals surface area contributed by atoms with Crippen molar-refractivity contribution in [3.05, 3.63) is 11.6 Å². The number of rotatable bonds is 3. The van der Waals surface area contributed by atoms with Crippen LogP contribution in [0.2, 0.25) is 0 Å². The van der Waals surface area contributed by atoms with E-state index in [9.17, 15) is 0 Å². The minimum atomic E-state index is 0.970. The second kappa shape index (κ2) is 5.18. The Kier molecular flexibility index (Phi) is 3.88. The van der Waals surface area contributed by atoms with Crippen molar-refractivity contribution in [2.75, 3.05) is 0 Å². The standard InChI is InChI=1S/C15H26/c1-12-7-9-15(10-8-12)13(2)11-14-5-3-4-6-14/h7,13-15H,3-6,8-11H2,1-2H3. The topological polar surface area (TPSA) is 0 Å². The molecule has 0 aliphatic heterocycles. The Labute approximate surface area is 95.1 Å². The minimum Gasteiger partial charge on any atom is -0.0853 e. The highest BCUT2D eigenvalue weighted by molar-refractivity contribution is 5.03. The minimum absolute atomic E-state index is 0.970. The van der Waals surface area contributed by atoms with Crippen molar-refractivity contribution in [1.82, 2.24) is 0 Å². The maximum Gasteiger partial charge on any atom is -0.0317 e. The quantitative estimate of drug-likeness (QED) is 0.573. The summed E-state index contributed by atoms with van der Waals surface area (Å²) in [6, 6.07) is 0. The maximum atomic E-state index is 2.50. The lowest BCUT2D eigenvalue weighted by molar-refractivity contribution is 0.269. The third-order valence-electron chi connectivity index (χ3n) is 4.66. The molecule has 0 N–H and O–H groups in total. The second-order valence-electron chi connectivity index (χ2n) is 5.95. The van der Waals surface area contributed by atoms with Gasteiger partial charge >= 0.3 is 0 Å². The van der Waals surface area contributed by atoms with Crippen molar-refractivity contribution >= 4 is 0 Å². The SMILES string of the molecule is CC1=CCC(C(C)CC2CCCC2)CC1. The highest BCUT2D eigenvalue weighted by Crippen LogP contribution is 2.36. The summed E-state index contributed by atoms with van der Waals surface area (Å²) in [5, 5.41) is 0. The molecule has 0 heteroatoms. The van der Waals surface area contributed by atoms with Gasteiger partial charge in [0.05, 0.1) is 0 Å². The Bertz CT molecular complexity index is 220. The van der Waals surface area contributed by atoms with Gasteiger partial charge in [-0.05, 0) is 50.4 Å². The van der Waals surface area contributed by atoms with Gasteiger partial charge in [-0.25, -0.2) is 0 Å². The van der Waals surface area contributed by atoms with Crippen LogP contribution in [-0.2, 0) is 0 Å². The predicted molar refractivity (Wildman–Crippen MR) is 66.8 cm³/mol. The van der Waals surface area contributed by atoms with E-state index in [4.69, 9.17) is 0 Å². The Morgan fingerprint density at radius 1 is 1.27 bits per heavy atom. The van der Waals surface area contributed by atoms with E-state index in [1.807, 2.05) is 0 Å². The molecule has 0 radical (unpaired) electrons. The Hall–Kier alpha value is -0.260. The molecular weight excluding hydrogens is 180 g/mol. The van der Waals surface area contributed by atoms with E-state index in [0.717, 1.165) is 17.8 Å². The summed E-state index contributed by atoms with van der Waals surface area (Å²) >= 11 is 0. The van der Waals surface area contributed by atoms with Gasteiger partial charge in [-0.2, -0.15) is 0 Å². The van der Waals surface area contributed by atoms with E-state index in [-0.39, 0.29) is 0 Å². The number of allylic oxidation sites excluding steroid dienone is 2. The molecule has 15 heavy (non-hydrogen) atoms. The van der Waals surface area contributed by atoms with E-state index in [1.165, 1.54) is 51.4 Å². The molecule has 0 saturated heterocycles. The lowest BCUT2D eigenvalue weighted by atomic mass is 9.78. The molecule has 2 aliphatic rings. The highest BCUT2D eigenvalue weighted by Gasteiger charge is 2.24. The smallest absolute Gasteiger partial charge is 0.0317 e. The summed E-state index contributed by atoms with van der Waals surface area (Å²) in [4.78, 5) is 0. The van der Waals surface area contributed by atoms with Crippen molar-refractivity contribution < 1.29 is 0 Å². The highest BCUT2D eigenvalue weighted by atomic mass is 14.3. The zero-order valence-corrected chi connectivity index (χ0v) is 10.5. The van der Waals surface area contributed by atoms with Crippen molar-refractivity contribution in [2.45, 2.75) is 65.2 Å². The van der Waals surface area contributed by atoms with Crippen LogP contribution < -0.4 is 0 Å². The van der Waals surface area contributed by atoms with Gasteiger partial charge in [-0.3, -0.25) is 0 Å². The maximum absolute atomic E-state index is 2.50. The normalized spacial score (nSPS) is 30.3. The first kappa shape index (κ1) is 11.2. The van der Waals surface area contributed by atoms with E-state index < -0.39 is 0 Å². The monoisotopic (exact) mass is 206 g/mol. The molecule has 0 aromatic heterocycles. The van der Waals surface area contributed by atoms with Gasteiger partial charge in [0.1, 0.15) is 0 Å². The average Bonchev–Trinajstić information content (AvgIpc) is 2.71. The van der Waals surface area contributed by atoms with Crippen molar-refractivity contribution in [1.29, 1.82) is 0 Å². The molecule has 0 aromatic rings. The van der Waals surface area contributed by atoms with E-state index >= 15 is 0 Å². The van der Waals surface area contributed by atoms with E-state index in [0.29, 0.717) is 0 Å². The van der Waals surface area contributed by atoms with Crippen LogP contribution in [0.1, 0.15) is 65.2 Å². The fourth-order valence-corrected chi connectivity index (χ4v) is 3.47. The van der Waals surface area contributed by atoms with Crippen LogP contribution in [0.5, 0.6) is 0 Å². The summed E-state index contributed by atoms with van der Waals surface area (Å²) in [6.07, 6.45) is 14.2. The first-order chi connectivity index (χ1) is 7.25. The molecule has 0 spiro atoms. The van der Waals surface area contributed by atoms with Gasteiger partial charge in [-0.15, -0.1) is 0 Å². The molecule has 86 valence electrons. The molecule has 2 rings (SSSR count). The average molecular weight is 206 g/mol. The number of hydrogen-bond donors (Lipinski definition) is 0. The van der Waals surface area contributed by atoms with Gasteiger partial charge in [-0.1, -0.05) is 44.3 Å². The zero-order chi connectivity index (χ0) is 10.7. The molecule has 0 amide bonds. The van der Waals surface area contributed by atoms with Crippen LogP contribution in [0.25, 0.3) is 0 Å². The fourth-order valence-electron chi connectivity index (χ4n) is 3.47. The molecule has 1 fully saturated rings. The largest absolute Gasteiger partial charge is 0.0853 e. The second-order valence-corrected chi connectivity index (χ2v) is 5.95. The molecule has 0 aromatic carbocycles. The van der Waals surface area contributed by atoms with Crippen LogP contribution in [0, 0.1) is 17.8 Å². The fraction of sp³-hybridized carbons (Fsp3) is 0.867. The van der Waals surface area contributed by atoms with Crippen LogP contribution >= 0.6 is 0 Å². The van der Waals surface area contributed by atoms with Gasteiger partial charge < -0.3 is 0 Å². The lowest BCUT2D eigenvalue weighted by Gasteiger charge is -2.28. The van der Waals surface area contributed by atoms with Gasteiger partial charge in [0.2, 0.25) is 0 Å². The van der Waals surface area contributed by atoms with E-state index in [2.05, 4.69) is 19.9 Å². The molecule has 0 heterocycles. The van der Waals surface area contributed by atoms with Crippen molar-refractivity contribution in [3.63, 3.8) is 0 Å². The van der Waals surface area contributed by atoms with E-state index in [1.54, 1.807) is 5.57 Å². The lowest BCUT2D eigenvalue weighted by Crippen LogP contribution is -2.16. The summed E-state index contributed by atoms with van der Waals surface area (Å²) in [6.45, 7) is 4.79. The Morgan fingerprint density at radius 3 is 2.60 bits per heavy atom. The summed E-state index contributed by atoms with van der Waals surface area (Å²) in [7, 11) is 0. The van der Waals surface area contributed by atoms with Gasteiger partial charge in [0.25, 0.3) is 0 Å². The van der Waals surface area contributed by atoms with Gasteiger partial charge in [0.15, 0.2) is 0 Å². The molecule has 1 saturated carbocycles. The molecule has 2 unspecified atom stereocenters. The van der Waals surface area contributed by atoms with Crippen molar-refractivity contribution in [2.24, 2.45) is 17.8 Å². The Balaban J connectivity index is 1.77. The van der Waals surface area contributed by atoms with Crippen LogP contribution in [0.4, 0.5) is 0 Å². The van der Waals surface area contributed by atoms with Crippen molar-refractivity contribution in [3.8, 4) is 0 Å². The zero-order valence-electron chi connectivity index (χ0n) is 10.5. The third kappa shape index (κ3) is 3.09. The molecule has 0 bridgehead atoms. The Morgan fingerprint density at radius 2 is 2.00 bits per heavy atom. The predicted octanol–water partition coefficient (Wildman–Crippen LogP) is 4.95. The molecule has 2 atom stereocenters. The van der Waals surface area contributed by atoms with Crippen LogP contribution in [0.15, 0.2) is 11.6 Å². The molecule has 0 nitrogen and oxygen atoms in total. The first-order valence-electron chi connectivity index (χ1n) is 6.91. The molecule has 2 aliphatic carbocycles. The third-order valence-corrected chi connectivity index (χ3v) is 4.66. The summed E-state index contributed by atoms with van der Waals surface area (Å²) in [5.41, 5.74) is 1.62. The number of hydrogen-bond acceptors (Lipinski definition) is 0. The molecular formula is C15H26. The summed E-state index contributed by atoms with van der Waals surface area (Å²) in [5.74, 6) is 3.04. The first-order valence-corrected chi connectivity index (χ1v) is 6.91.